The zero-order valence-corrected chi connectivity index (χ0v) is 13.1. The molecule has 0 aliphatic heterocycles. The average Bonchev–Trinajstić information content (AvgIpc) is 2.68. The van der Waals surface area contributed by atoms with E-state index in [2.05, 4.69) is 57.6 Å². The topological polar surface area (TPSA) is 24.9 Å². The first-order chi connectivity index (χ1) is 8.19. The summed E-state index contributed by atoms with van der Waals surface area (Å²) in [5.74, 6) is 1.85. The summed E-state index contributed by atoms with van der Waals surface area (Å²) in [4.78, 5) is 4.58. The molecule has 0 spiro atoms. The number of anilines is 1. The number of nitrogens with zero attached hydrogens (tertiary/aromatic N) is 1. The molecule has 2 rings (SSSR count). The van der Waals surface area contributed by atoms with E-state index in [9.17, 15) is 0 Å². The van der Waals surface area contributed by atoms with Gasteiger partial charge in [-0.05, 0) is 36.1 Å². The molecule has 0 aliphatic rings. The lowest BCUT2D eigenvalue weighted by molar-refractivity contribution is 0.701. The molecule has 1 N–H and O–H groups in total. The molecule has 1 unspecified atom stereocenters. The molecule has 0 amide bonds. The normalized spacial score (nSPS) is 12.9. The first kappa shape index (κ1) is 13.2. The van der Waals surface area contributed by atoms with E-state index in [1.54, 1.807) is 11.3 Å². The number of nitrogens with one attached hydrogen (secondary N) is 1. The molecule has 92 valence electrons. The van der Waals surface area contributed by atoms with Gasteiger partial charge in [-0.15, -0.1) is 0 Å². The number of fused-ring (bicyclic) bond motifs is 1. The van der Waals surface area contributed by atoms with Crippen LogP contribution in [-0.4, -0.2) is 23.5 Å². The summed E-state index contributed by atoms with van der Waals surface area (Å²) >= 11 is 7.07. The van der Waals surface area contributed by atoms with Crippen LogP contribution in [0.1, 0.15) is 6.92 Å². The molecular weight excluding hydrogens is 316 g/mol. The number of hydrogen-bond donors (Lipinski definition) is 1. The lowest BCUT2D eigenvalue weighted by Gasteiger charge is -2.09. The molecule has 0 saturated carbocycles. The van der Waals surface area contributed by atoms with Gasteiger partial charge in [-0.3, -0.25) is 0 Å². The molecule has 2 nitrogen and oxygen atoms in total. The van der Waals surface area contributed by atoms with Gasteiger partial charge < -0.3 is 5.32 Å². The maximum atomic E-state index is 4.58. The maximum absolute atomic E-state index is 4.58. The van der Waals surface area contributed by atoms with Gasteiger partial charge in [0.25, 0.3) is 0 Å². The Balaban J connectivity index is 2.04. The highest BCUT2D eigenvalue weighted by atomic mass is 79.9. The Morgan fingerprint density at radius 2 is 2.35 bits per heavy atom. The Kier molecular flexibility index (Phi) is 4.70. The number of halogens is 1. The van der Waals surface area contributed by atoms with Gasteiger partial charge in [0.05, 0.1) is 10.2 Å². The summed E-state index contributed by atoms with van der Waals surface area (Å²) in [6.07, 6.45) is 2.14. The number of hydrogen-bond acceptors (Lipinski definition) is 4. The zero-order valence-electron chi connectivity index (χ0n) is 9.87. The fourth-order valence-electron chi connectivity index (χ4n) is 1.58. The minimum atomic E-state index is 0.670. The van der Waals surface area contributed by atoms with Crippen LogP contribution >= 0.6 is 39.0 Å². The summed E-state index contributed by atoms with van der Waals surface area (Å²) in [5, 5.41) is 4.44. The molecule has 1 aromatic carbocycles. The highest BCUT2D eigenvalue weighted by Crippen LogP contribution is 2.28. The van der Waals surface area contributed by atoms with Crippen molar-refractivity contribution in [3.63, 3.8) is 0 Å². The Hall–Kier alpha value is -0.260. The van der Waals surface area contributed by atoms with Gasteiger partial charge in [-0.25, -0.2) is 4.98 Å². The van der Waals surface area contributed by atoms with Gasteiger partial charge >= 0.3 is 0 Å². The molecule has 2 aromatic rings. The van der Waals surface area contributed by atoms with Crippen LogP contribution in [0.3, 0.4) is 0 Å². The van der Waals surface area contributed by atoms with Gasteiger partial charge in [0.1, 0.15) is 0 Å². The predicted molar refractivity (Wildman–Crippen MR) is 83.4 cm³/mol. The number of thiazole rings is 1. The van der Waals surface area contributed by atoms with Crippen LogP contribution in [0.5, 0.6) is 0 Å². The molecule has 0 bridgehead atoms. The molecule has 1 atom stereocenters. The maximum Gasteiger partial charge on any atom is 0.183 e. The van der Waals surface area contributed by atoms with Crippen molar-refractivity contribution < 1.29 is 0 Å². The van der Waals surface area contributed by atoms with E-state index in [-0.39, 0.29) is 0 Å². The minimum absolute atomic E-state index is 0.670. The lowest BCUT2D eigenvalue weighted by Crippen LogP contribution is -2.12. The first-order valence-electron chi connectivity index (χ1n) is 5.48. The number of aromatic nitrogens is 1. The fraction of sp³-hybridized carbons (Fsp3) is 0.417. The summed E-state index contributed by atoms with van der Waals surface area (Å²) in [5.41, 5.74) is 1.06. The van der Waals surface area contributed by atoms with E-state index >= 15 is 0 Å². The van der Waals surface area contributed by atoms with Crippen LogP contribution in [0.15, 0.2) is 22.7 Å². The lowest BCUT2D eigenvalue weighted by atomic mass is 10.2. The average molecular weight is 331 g/mol. The minimum Gasteiger partial charge on any atom is -0.361 e. The summed E-state index contributed by atoms with van der Waals surface area (Å²) < 4.78 is 2.31. The molecule has 1 heterocycles. The van der Waals surface area contributed by atoms with Crippen LogP contribution in [0.4, 0.5) is 5.13 Å². The summed E-state index contributed by atoms with van der Waals surface area (Å²) in [6.45, 7) is 3.25. The summed E-state index contributed by atoms with van der Waals surface area (Å²) in [6, 6.07) is 6.22. The third kappa shape index (κ3) is 3.60. The largest absolute Gasteiger partial charge is 0.361 e. The van der Waals surface area contributed by atoms with E-state index < -0.39 is 0 Å². The van der Waals surface area contributed by atoms with E-state index in [1.165, 1.54) is 10.5 Å². The predicted octanol–water partition coefficient (Wildman–Crippen LogP) is 4.47. The third-order valence-corrected chi connectivity index (χ3v) is 4.79. The fourth-order valence-corrected chi connectivity index (χ4v) is 3.47. The highest BCUT2D eigenvalue weighted by Gasteiger charge is 2.05. The molecule has 0 aliphatic carbocycles. The van der Waals surface area contributed by atoms with Crippen LogP contribution in [-0.2, 0) is 0 Å². The second-order valence-electron chi connectivity index (χ2n) is 4.07. The number of thioether (sulfide) groups is 1. The first-order valence-corrected chi connectivity index (χ1v) is 8.48. The van der Waals surface area contributed by atoms with Crippen molar-refractivity contribution in [3.05, 3.63) is 22.7 Å². The van der Waals surface area contributed by atoms with Crippen LogP contribution in [0.2, 0.25) is 0 Å². The zero-order chi connectivity index (χ0) is 12.3. The van der Waals surface area contributed by atoms with E-state index in [1.807, 2.05) is 11.8 Å². The SMILES string of the molecule is CSCC(C)CNc1nc2cc(Br)ccc2s1. The van der Waals surface area contributed by atoms with Crippen LogP contribution in [0.25, 0.3) is 10.2 Å². The molecule has 1 aromatic heterocycles. The molecule has 0 fully saturated rings. The molecular formula is C12H15BrN2S2. The molecule has 0 radical (unpaired) electrons. The highest BCUT2D eigenvalue weighted by molar-refractivity contribution is 9.10. The Bertz CT molecular complexity index is 498. The monoisotopic (exact) mass is 330 g/mol. The Morgan fingerprint density at radius 3 is 3.12 bits per heavy atom. The van der Waals surface area contributed by atoms with Crippen molar-refractivity contribution in [2.75, 3.05) is 23.9 Å². The van der Waals surface area contributed by atoms with Crippen molar-refractivity contribution in [1.82, 2.24) is 4.98 Å². The van der Waals surface area contributed by atoms with Gasteiger partial charge in [-0.2, -0.15) is 11.8 Å². The van der Waals surface area contributed by atoms with Crippen molar-refractivity contribution in [3.8, 4) is 0 Å². The third-order valence-electron chi connectivity index (χ3n) is 2.40. The van der Waals surface area contributed by atoms with E-state index in [0.717, 1.165) is 21.7 Å². The number of benzene rings is 1. The Morgan fingerprint density at radius 1 is 1.53 bits per heavy atom. The van der Waals surface area contributed by atoms with Crippen LogP contribution < -0.4 is 5.32 Å². The van der Waals surface area contributed by atoms with Crippen molar-refractivity contribution in [2.45, 2.75) is 6.92 Å². The van der Waals surface area contributed by atoms with Gasteiger partial charge in [-0.1, -0.05) is 34.2 Å². The summed E-state index contributed by atoms with van der Waals surface area (Å²) in [7, 11) is 0. The quantitative estimate of drug-likeness (QED) is 0.875. The molecule has 0 saturated heterocycles. The second kappa shape index (κ2) is 6.07. The van der Waals surface area contributed by atoms with E-state index in [4.69, 9.17) is 0 Å². The smallest absolute Gasteiger partial charge is 0.183 e. The standard InChI is InChI=1S/C12H15BrN2S2/c1-8(7-16-2)6-14-12-15-10-5-9(13)3-4-11(10)17-12/h3-5,8H,6-7H2,1-2H3,(H,14,15). The van der Waals surface area contributed by atoms with Crippen molar-refractivity contribution in [2.24, 2.45) is 5.92 Å². The number of rotatable bonds is 5. The van der Waals surface area contributed by atoms with Crippen molar-refractivity contribution >= 4 is 54.4 Å². The Labute approximate surface area is 118 Å². The van der Waals surface area contributed by atoms with Gasteiger partial charge in [0.15, 0.2) is 5.13 Å². The van der Waals surface area contributed by atoms with Crippen LogP contribution in [0, 0.1) is 5.92 Å². The second-order valence-corrected chi connectivity index (χ2v) is 6.93. The molecule has 5 heteroatoms. The van der Waals surface area contributed by atoms with Gasteiger partial charge in [0, 0.05) is 11.0 Å². The van der Waals surface area contributed by atoms with Gasteiger partial charge in [0.2, 0.25) is 0 Å². The van der Waals surface area contributed by atoms with Crippen molar-refractivity contribution in [1.29, 1.82) is 0 Å². The van der Waals surface area contributed by atoms with E-state index in [0.29, 0.717) is 5.92 Å². The molecule has 17 heavy (non-hydrogen) atoms.